The van der Waals surface area contributed by atoms with E-state index in [9.17, 15) is 22.9 Å². The number of aromatic amines is 1. The van der Waals surface area contributed by atoms with Crippen molar-refractivity contribution < 1.29 is 17.7 Å². The largest absolute Gasteiger partial charge is 0.306 e. The number of halogens is 1. The zero-order chi connectivity index (χ0) is 15.8. The molecule has 0 fully saturated rings. The highest BCUT2D eigenvalue weighted by molar-refractivity contribution is 7.92. The summed E-state index contributed by atoms with van der Waals surface area (Å²) in [6.07, 6.45) is 0. The summed E-state index contributed by atoms with van der Waals surface area (Å²) in [7, 11) is -4.10. The minimum absolute atomic E-state index is 0.0829. The summed E-state index contributed by atoms with van der Waals surface area (Å²) < 4.78 is 39.7. The monoisotopic (exact) mass is 314 g/mol. The van der Waals surface area contributed by atoms with Crippen LogP contribution in [0.3, 0.4) is 0 Å². The Labute approximate surface area is 119 Å². The van der Waals surface area contributed by atoms with Crippen molar-refractivity contribution in [2.45, 2.75) is 18.7 Å². The minimum atomic E-state index is -4.10. The summed E-state index contributed by atoms with van der Waals surface area (Å²) in [5.74, 6) is -1.02. The lowest BCUT2D eigenvalue weighted by Gasteiger charge is -2.06. The highest BCUT2D eigenvalue weighted by Crippen LogP contribution is 2.24. The molecule has 2 aromatic rings. The summed E-state index contributed by atoms with van der Waals surface area (Å²) >= 11 is 0. The summed E-state index contributed by atoms with van der Waals surface area (Å²) in [4.78, 5) is 9.24. The molecule has 1 aromatic heterocycles. The van der Waals surface area contributed by atoms with E-state index in [-0.39, 0.29) is 5.82 Å². The number of anilines is 1. The van der Waals surface area contributed by atoms with Crippen LogP contribution in [0.25, 0.3) is 0 Å². The Bertz CT molecular complexity index is 816. The molecule has 0 aliphatic heterocycles. The van der Waals surface area contributed by atoms with Crippen LogP contribution in [0.1, 0.15) is 11.3 Å². The SMILES string of the molecule is Cc1[nH]nc(NS(=O)(=O)c2ccc(F)c([N+](=O)[O-])c2)c1C. The fraction of sp³-hybridized carbons (Fsp3) is 0.182. The molecule has 112 valence electrons. The number of nitro benzene ring substituents is 1. The Morgan fingerprint density at radius 1 is 1.38 bits per heavy atom. The summed E-state index contributed by atoms with van der Waals surface area (Å²) in [5.41, 5.74) is 0.362. The molecule has 0 amide bonds. The lowest BCUT2D eigenvalue weighted by molar-refractivity contribution is -0.387. The number of aryl methyl sites for hydroxylation is 1. The van der Waals surface area contributed by atoms with E-state index >= 15 is 0 Å². The molecule has 0 radical (unpaired) electrons. The molecular formula is C11H11FN4O4S. The summed E-state index contributed by atoms with van der Waals surface area (Å²) in [5, 5.41) is 17.0. The predicted molar refractivity (Wildman–Crippen MR) is 71.9 cm³/mol. The lowest BCUT2D eigenvalue weighted by Crippen LogP contribution is -2.14. The Morgan fingerprint density at radius 2 is 2.05 bits per heavy atom. The number of hydrogen-bond donors (Lipinski definition) is 2. The van der Waals surface area contributed by atoms with Gasteiger partial charge in [-0.3, -0.25) is 19.9 Å². The molecule has 0 aliphatic rings. The van der Waals surface area contributed by atoms with E-state index in [1.165, 1.54) is 0 Å². The molecule has 10 heteroatoms. The predicted octanol–water partition coefficient (Wildman–Crippen LogP) is 1.87. The van der Waals surface area contributed by atoms with Gasteiger partial charge in [0.15, 0.2) is 5.82 Å². The number of hydrogen-bond acceptors (Lipinski definition) is 5. The van der Waals surface area contributed by atoms with Crippen LogP contribution in [-0.4, -0.2) is 23.5 Å². The van der Waals surface area contributed by atoms with Crippen LogP contribution >= 0.6 is 0 Å². The standard InChI is InChI=1S/C11H11FN4O4S/c1-6-7(2)13-14-11(6)15-21(19,20)8-3-4-9(12)10(5-8)16(17)18/h3-5H,1-2H3,(H2,13,14,15). The van der Waals surface area contributed by atoms with Crippen molar-refractivity contribution in [2.24, 2.45) is 0 Å². The van der Waals surface area contributed by atoms with E-state index in [4.69, 9.17) is 0 Å². The van der Waals surface area contributed by atoms with Gasteiger partial charge in [0.2, 0.25) is 5.82 Å². The second-order valence-corrected chi connectivity index (χ2v) is 5.98. The number of H-pyrrole nitrogens is 1. The molecule has 0 spiro atoms. The normalized spacial score (nSPS) is 11.4. The van der Waals surface area contributed by atoms with Crippen molar-refractivity contribution >= 4 is 21.5 Å². The third-order valence-corrected chi connectivity index (χ3v) is 4.25. The van der Waals surface area contributed by atoms with Crippen LogP contribution in [0.5, 0.6) is 0 Å². The Hall–Kier alpha value is -2.49. The van der Waals surface area contributed by atoms with Gasteiger partial charge in [0, 0.05) is 17.3 Å². The lowest BCUT2D eigenvalue weighted by atomic mass is 10.3. The van der Waals surface area contributed by atoms with E-state index < -0.39 is 31.3 Å². The highest BCUT2D eigenvalue weighted by atomic mass is 32.2. The van der Waals surface area contributed by atoms with Crippen LogP contribution in [0, 0.1) is 29.8 Å². The molecule has 0 atom stereocenters. The third-order valence-electron chi connectivity index (χ3n) is 2.91. The van der Waals surface area contributed by atoms with E-state index in [0.29, 0.717) is 17.3 Å². The van der Waals surface area contributed by atoms with Crippen molar-refractivity contribution in [1.29, 1.82) is 0 Å². The Morgan fingerprint density at radius 3 is 2.57 bits per heavy atom. The number of aromatic nitrogens is 2. The van der Waals surface area contributed by atoms with Crippen molar-refractivity contribution in [3.8, 4) is 0 Å². The van der Waals surface area contributed by atoms with Crippen LogP contribution in [0.15, 0.2) is 23.1 Å². The first kappa shape index (κ1) is 14.9. The molecule has 8 nitrogen and oxygen atoms in total. The molecular weight excluding hydrogens is 303 g/mol. The topological polar surface area (TPSA) is 118 Å². The van der Waals surface area contributed by atoms with Gasteiger partial charge >= 0.3 is 5.69 Å². The van der Waals surface area contributed by atoms with Crippen molar-refractivity contribution in [3.05, 3.63) is 45.4 Å². The quantitative estimate of drug-likeness (QED) is 0.659. The maximum absolute atomic E-state index is 13.2. The summed E-state index contributed by atoms with van der Waals surface area (Å²) in [6.45, 7) is 3.37. The number of rotatable bonds is 4. The first-order valence-corrected chi connectivity index (χ1v) is 7.19. The van der Waals surface area contributed by atoms with Gasteiger partial charge in [0.1, 0.15) is 0 Å². The fourth-order valence-corrected chi connectivity index (χ4v) is 2.66. The smallest absolute Gasteiger partial charge is 0.280 e. The summed E-state index contributed by atoms with van der Waals surface area (Å²) in [6, 6.07) is 2.33. The molecule has 2 rings (SSSR count). The first-order valence-electron chi connectivity index (χ1n) is 5.70. The second-order valence-electron chi connectivity index (χ2n) is 4.30. The van der Waals surface area contributed by atoms with Crippen molar-refractivity contribution in [1.82, 2.24) is 10.2 Å². The van der Waals surface area contributed by atoms with Crippen LogP contribution in [0.4, 0.5) is 15.9 Å². The van der Waals surface area contributed by atoms with E-state index in [1.807, 2.05) is 0 Å². The molecule has 1 aromatic carbocycles. The van der Waals surface area contributed by atoms with Crippen molar-refractivity contribution in [2.75, 3.05) is 4.72 Å². The van der Waals surface area contributed by atoms with Gasteiger partial charge in [-0.1, -0.05) is 0 Å². The van der Waals surface area contributed by atoms with Gasteiger partial charge < -0.3 is 0 Å². The molecule has 0 aliphatic carbocycles. The van der Waals surface area contributed by atoms with E-state index in [2.05, 4.69) is 14.9 Å². The highest BCUT2D eigenvalue weighted by Gasteiger charge is 2.23. The average molecular weight is 314 g/mol. The van der Waals surface area contributed by atoms with E-state index in [0.717, 1.165) is 12.1 Å². The zero-order valence-electron chi connectivity index (χ0n) is 11.0. The van der Waals surface area contributed by atoms with Crippen LogP contribution in [-0.2, 0) is 10.0 Å². The molecule has 0 saturated heterocycles. The fourth-order valence-electron chi connectivity index (χ4n) is 1.57. The van der Waals surface area contributed by atoms with E-state index in [1.54, 1.807) is 13.8 Å². The first-order chi connectivity index (χ1) is 9.72. The molecule has 0 unspecified atom stereocenters. The molecule has 0 saturated carbocycles. The number of sulfonamides is 1. The second kappa shape index (κ2) is 5.13. The Kier molecular flexibility index (Phi) is 3.64. The third kappa shape index (κ3) is 2.84. The Balaban J connectivity index is 2.43. The number of nitro groups is 1. The van der Waals surface area contributed by atoms with Gasteiger partial charge in [-0.05, 0) is 26.0 Å². The van der Waals surface area contributed by atoms with Gasteiger partial charge in [-0.2, -0.15) is 9.49 Å². The molecule has 21 heavy (non-hydrogen) atoms. The molecule has 1 heterocycles. The number of benzene rings is 1. The number of nitrogens with zero attached hydrogens (tertiary/aromatic N) is 2. The maximum atomic E-state index is 13.2. The minimum Gasteiger partial charge on any atom is -0.280 e. The zero-order valence-corrected chi connectivity index (χ0v) is 11.9. The van der Waals surface area contributed by atoms with Gasteiger partial charge in [-0.15, -0.1) is 0 Å². The average Bonchev–Trinajstić information content (AvgIpc) is 2.70. The van der Waals surface area contributed by atoms with Gasteiger partial charge in [-0.25, -0.2) is 8.42 Å². The van der Waals surface area contributed by atoms with Crippen LogP contribution < -0.4 is 4.72 Å². The molecule has 2 N–H and O–H groups in total. The van der Waals surface area contributed by atoms with Gasteiger partial charge in [0.05, 0.1) is 9.82 Å². The molecule has 0 bridgehead atoms. The van der Waals surface area contributed by atoms with Crippen LogP contribution in [0.2, 0.25) is 0 Å². The van der Waals surface area contributed by atoms with Crippen molar-refractivity contribution in [3.63, 3.8) is 0 Å². The number of nitrogens with one attached hydrogen (secondary N) is 2. The van der Waals surface area contributed by atoms with Gasteiger partial charge in [0.25, 0.3) is 10.0 Å². The maximum Gasteiger partial charge on any atom is 0.306 e.